The molecule has 1 N–H and O–H groups in total. The predicted molar refractivity (Wildman–Crippen MR) is 77.5 cm³/mol. The standard InChI is InChI=1S/C13H10ClF3O5.Li.H/c1-2-21-12(20)11(19)6-10(18)7-3-8(14)5-9(4-7)22-13(15,16)17;;/h3-6,18H,2H2,1H3;;. The van der Waals surface area contributed by atoms with Crippen molar-refractivity contribution in [1.29, 1.82) is 0 Å². The van der Waals surface area contributed by atoms with E-state index in [-0.39, 0.29) is 36.1 Å². The summed E-state index contributed by atoms with van der Waals surface area (Å²) in [5.41, 5.74) is -0.232. The van der Waals surface area contributed by atoms with E-state index in [9.17, 15) is 27.9 Å². The predicted octanol–water partition coefficient (Wildman–Crippen LogP) is 2.62. The molecule has 1 rings (SSSR count). The molecule has 0 aliphatic rings. The van der Waals surface area contributed by atoms with Crippen molar-refractivity contribution in [1.82, 2.24) is 0 Å². The van der Waals surface area contributed by atoms with Crippen LogP contribution in [0.5, 0.6) is 5.75 Å². The van der Waals surface area contributed by atoms with Crippen molar-refractivity contribution in [2.45, 2.75) is 13.3 Å². The van der Waals surface area contributed by atoms with Crippen LogP contribution in [0.2, 0.25) is 5.02 Å². The zero-order valence-corrected chi connectivity index (χ0v) is 11.9. The topological polar surface area (TPSA) is 72.8 Å². The van der Waals surface area contributed by atoms with Crippen LogP contribution in [0.25, 0.3) is 5.76 Å². The van der Waals surface area contributed by atoms with Crippen LogP contribution in [0.1, 0.15) is 12.5 Å². The molecule has 0 heterocycles. The van der Waals surface area contributed by atoms with E-state index < -0.39 is 29.6 Å². The van der Waals surface area contributed by atoms with Gasteiger partial charge in [-0.2, -0.15) is 0 Å². The van der Waals surface area contributed by atoms with Gasteiger partial charge in [0.25, 0.3) is 5.78 Å². The molecule has 0 aliphatic carbocycles. The van der Waals surface area contributed by atoms with Gasteiger partial charge >= 0.3 is 31.2 Å². The third-order valence-electron chi connectivity index (χ3n) is 2.15. The molecule has 0 aliphatic heterocycles. The molecule has 0 saturated heterocycles. The fourth-order valence-electron chi connectivity index (χ4n) is 1.37. The summed E-state index contributed by atoms with van der Waals surface area (Å²) >= 11 is 5.61. The fraction of sp³-hybridized carbons (Fsp3) is 0.231. The van der Waals surface area contributed by atoms with Crippen LogP contribution in [0, 0.1) is 0 Å². The van der Waals surface area contributed by atoms with Crippen molar-refractivity contribution < 1.29 is 37.3 Å². The van der Waals surface area contributed by atoms with E-state index in [4.69, 9.17) is 11.6 Å². The van der Waals surface area contributed by atoms with Crippen LogP contribution in [-0.4, -0.2) is 48.7 Å². The second kappa shape index (κ2) is 8.87. The summed E-state index contributed by atoms with van der Waals surface area (Å²) in [5, 5.41) is 9.53. The molecule has 1 aromatic rings. The number of rotatable bonds is 5. The summed E-state index contributed by atoms with van der Waals surface area (Å²) in [4.78, 5) is 22.5. The number of ether oxygens (including phenoxy) is 2. The number of carbonyl (C=O) groups excluding carboxylic acids is 2. The molecule has 122 valence electrons. The summed E-state index contributed by atoms with van der Waals surface area (Å²) in [5.74, 6) is -3.81. The molecule has 5 nitrogen and oxygen atoms in total. The number of alkyl halides is 3. The maximum absolute atomic E-state index is 12.1. The number of benzene rings is 1. The van der Waals surface area contributed by atoms with Crippen LogP contribution in [0.15, 0.2) is 24.3 Å². The normalized spacial score (nSPS) is 11.4. The van der Waals surface area contributed by atoms with Gasteiger partial charge in [-0.05, 0) is 25.1 Å². The van der Waals surface area contributed by atoms with Crippen molar-refractivity contribution in [2.24, 2.45) is 0 Å². The van der Waals surface area contributed by atoms with Crippen LogP contribution >= 0.6 is 11.6 Å². The Bertz CT molecular complexity index is 616. The zero-order chi connectivity index (χ0) is 16.9. The Hall–Kier alpha value is -1.62. The van der Waals surface area contributed by atoms with Gasteiger partial charge in [-0.25, -0.2) is 4.79 Å². The third-order valence-corrected chi connectivity index (χ3v) is 2.36. The molecule has 1 aromatic carbocycles. The fourth-order valence-corrected chi connectivity index (χ4v) is 1.60. The summed E-state index contributed by atoms with van der Waals surface area (Å²) in [6.07, 6.45) is -4.43. The van der Waals surface area contributed by atoms with Gasteiger partial charge in [0, 0.05) is 16.7 Å². The van der Waals surface area contributed by atoms with Crippen molar-refractivity contribution in [3.05, 3.63) is 34.9 Å². The number of hydrogen-bond acceptors (Lipinski definition) is 5. The van der Waals surface area contributed by atoms with E-state index in [1.54, 1.807) is 0 Å². The van der Waals surface area contributed by atoms with Crippen LogP contribution in [0.3, 0.4) is 0 Å². The number of aliphatic hydroxyl groups is 1. The molecule has 0 saturated carbocycles. The molecule has 10 heteroatoms. The molecular formula is C13H11ClF3LiO5. The Balaban J connectivity index is 0.00000484. The Morgan fingerprint density at radius 1 is 1.30 bits per heavy atom. The van der Waals surface area contributed by atoms with Crippen LogP contribution in [0.4, 0.5) is 13.2 Å². The third kappa shape index (κ3) is 7.46. The summed E-state index contributed by atoms with van der Waals surface area (Å²) in [6.45, 7) is 1.44. The molecule has 0 bridgehead atoms. The minimum atomic E-state index is -4.94. The number of halogens is 4. The van der Waals surface area contributed by atoms with Gasteiger partial charge in [0.05, 0.1) is 6.61 Å². The first-order valence-corrected chi connectivity index (χ1v) is 6.18. The number of aliphatic hydroxyl groups excluding tert-OH is 1. The molecule has 0 radical (unpaired) electrons. The Morgan fingerprint density at radius 2 is 1.91 bits per heavy atom. The quantitative estimate of drug-likeness (QED) is 0.292. The molecule has 0 spiro atoms. The Kier molecular flexibility index (Phi) is 8.24. The Morgan fingerprint density at radius 3 is 2.43 bits per heavy atom. The monoisotopic (exact) mass is 346 g/mol. The first kappa shape index (κ1) is 21.4. The first-order valence-electron chi connectivity index (χ1n) is 5.81. The van der Waals surface area contributed by atoms with E-state index in [0.29, 0.717) is 6.08 Å². The van der Waals surface area contributed by atoms with Crippen LogP contribution in [-0.2, 0) is 14.3 Å². The molecular weight excluding hydrogens is 336 g/mol. The molecule has 23 heavy (non-hydrogen) atoms. The average Bonchev–Trinajstić information content (AvgIpc) is 2.35. The average molecular weight is 347 g/mol. The van der Waals surface area contributed by atoms with Gasteiger partial charge in [0.2, 0.25) is 0 Å². The summed E-state index contributed by atoms with van der Waals surface area (Å²) in [6, 6.07) is 2.78. The molecule has 0 aromatic heterocycles. The maximum atomic E-state index is 12.1. The first-order chi connectivity index (χ1) is 10.1. The van der Waals surface area contributed by atoms with Crippen LogP contribution < -0.4 is 4.74 Å². The number of carbonyl (C=O) groups is 2. The summed E-state index contributed by atoms with van der Waals surface area (Å²) in [7, 11) is 0. The van der Waals surface area contributed by atoms with E-state index in [1.165, 1.54) is 6.92 Å². The van der Waals surface area contributed by atoms with Gasteiger partial charge in [0.15, 0.2) is 0 Å². The van der Waals surface area contributed by atoms with E-state index in [2.05, 4.69) is 9.47 Å². The van der Waals surface area contributed by atoms with Gasteiger partial charge in [-0.3, -0.25) is 4.79 Å². The molecule has 0 amide bonds. The van der Waals surface area contributed by atoms with Gasteiger partial charge in [-0.1, -0.05) is 11.6 Å². The van der Waals surface area contributed by atoms with E-state index in [0.717, 1.165) is 18.2 Å². The number of hydrogen-bond donors (Lipinski definition) is 1. The van der Waals surface area contributed by atoms with Crippen molar-refractivity contribution >= 4 is 48.0 Å². The molecule has 0 fully saturated rings. The SMILES string of the molecule is CCOC(=O)C(=O)C=C(O)c1cc(Cl)cc(OC(F)(F)F)c1.[LiH]. The van der Waals surface area contributed by atoms with E-state index in [1.807, 2.05) is 0 Å². The molecule has 0 unspecified atom stereocenters. The Labute approximate surface area is 146 Å². The summed E-state index contributed by atoms with van der Waals surface area (Å²) < 4.78 is 44.5. The second-order valence-corrected chi connectivity index (χ2v) is 4.27. The zero-order valence-electron chi connectivity index (χ0n) is 11.1. The minimum absolute atomic E-state index is 0. The van der Waals surface area contributed by atoms with Gasteiger partial charge in [0.1, 0.15) is 11.5 Å². The number of ketones is 1. The number of esters is 1. The second-order valence-electron chi connectivity index (χ2n) is 3.84. The van der Waals surface area contributed by atoms with Crippen molar-refractivity contribution in [3.8, 4) is 5.75 Å². The van der Waals surface area contributed by atoms with E-state index >= 15 is 0 Å². The van der Waals surface area contributed by atoms with Crippen molar-refractivity contribution in [3.63, 3.8) is 0 Å². The molecule has 0 atom stereocenters. The van der Waals surface area contributed by atoms with Gasteiger partial charge < -0.3 is 14.6 Å². The van der Waals surface area contributed by atoms with Crippen molar-refractivity contribution in [2.75, 3.05) is 6.61 Å². The van der Waals surface area contributed by atoms with Gasteiger partial charge in [-0.15, -0.1) is 13.2 Å².